The zero-order chi connectivity index (χ0) is 18.9. The maximum atomic E-state index is 12.2. The maximum absolute atomic E-state index is 12.2. The number of hydrogen-bond acceptors (Lipinski definition) is 6. The minimum absolute atomic E-state index is 0.151. The van der Waals surface area contributed by atoms with E-state index in [-0.39, 0.29) is 23.4 Å². The van der Waals surface area contributed by atoms with E-state index in [1.165, 1.54) is 0 Å². The second kappa shape index (κ2) is 6.81. The predicted molar refractivity (Wildman–Crippen MR) is 102 cm³/mol. The Kier molecular flexibility index (Phi) is 4.70. The highest BCUT2D eigenvalue weighted by Gasteiger charge is 2.23. The van der Waals surface area contributed by atoms with Crippen LogP contribution >= 0.6 is 0 Å². The monoisotopic (exact) mass is 376 g/mol. The number of nitrogens with two attached hydrogens (primary N) is 2. The van der Waals surface area contributed by atoms with Gasteiger partial charge in [-0.1, -0.05) is 0 Å². The first-order valence-corrected chi connectivity index (χ1v) is 9.76. The van der Waals surface area contributed by atoms with Gasteiger partial charge in [-0.15, -0.1) is 0 Å². The average Bonchev–Trinajstić information content (AvgIpc) is 2.49. The maximum Gasteiger partial charge on any atom is 0.267 e. The van der Waals surface area contributed by atoms with Crippen LogP contribution in [0.15, 0.2) is 34.0 Å². The number of carbonyl (C=O) groups excluding carboxylic acids is 1. The quantitative estimate of drug-likeness (QED) is 0.463. The lowest BCUT2D eigenvalue weighted by atomic mass is 9.93. The average molecular weight is 376 g/mol. The summed E-state index contributed by atoms with van der Waals surface area (Å²) in [4.78, 5) is 31.0. The summed E-state index contributed by atoms with van der Waals surface area (Å²) in [5.41, 5.74) is 5.07. The van der Waals surface area contributed by atoms with Crippen molar-refractivity contribution in [2.75, 3.05) is 10.6 Å². The Hall–Kier alpha value is -2.85. The van der Waals surface area contributed by atoms with Crippen molar-refractivity contribution >= 4 is 38.9 Å². The minimum Gasteiger partial charge on any atom is -0.366 e. The van der Waals surface area contributed by atoms with Gasteiger partial charge in [0.05, 0.1) is 9.71 Å². The van der Waals surface area contributed by atoms with Crippen LogP contribution in [0, 0.1) is 0 Å². The van der Waals surface area contributed by atoms with Gasteiger partial charge in [-0.3, -0.25) is 19.7 Å². The molecule has 1 aliphatic rings. The normalized spacial score (nSPS) is 16.3. The first-order chi connectivity index (χ1) is 12.2. The highest BCUT2D eigenvalue weighted by Crippen LogP contribution is 2.24. The fourth-order valence-corrected chi connectivity index (χ4v) is 3.11. The van der Waals surface area contributed by atoms with Crippen molar-refractivity contribution in [1.82, 2.24) is 9.97 Å². The fourth-order valence-electron chi connectivity index (χ4n) is 2.52. The van der Waals surface area contributed by atoms with Crippen LogP contribution in [0.5, 0.6) is 0 Å². The summed E-state index contributed by atoms with van der Waals surface area (Å²) in [5, 5.41) is 11.5. The molecule has 10 heteroatoms. The fraction of sp³-hybridized carbons (Fsp3) is 0.250. The molecule has 1 heterocycles. The van der Waals surface area contributed by atoms with Gasteiger partial charge < -0.3 is 16.4 Å². The second-order valence-corrected chi connectivity index (χ2v) is 8.07. The van der Waals surface area contributed by atoms with Gasteiger partial charge in [0.1, 0.15) is 11.4 Å². The number of aromatic nitrogens is 2. The molecule has 1 aromatic carbocycles. The van der Waals surface area contributed by atoms with E-state index in [0.717, 1.165) is 19.3 Å². The summed E-state index contributed by atoms with van der Waals surface area (Å²) in [7, 11) is -2.79. The summed E-state index contributed by atoms with van der Waals surface area (Å²) in [5.74, 6) is 2.89. The molecule has 0 aliphatic heterocycles. The van der Waals surface area contributed by atoms with Gasteiger partial charge in [-0.2, -0.15) is 4.98 Å². The van der Waals surface area contributed by atoms with Crippen LogP contribution in [-0.4, -0.2) is 32.0 Å². The molecule has 0 spiro atoms. The van der Waals surface area contributed by atoms with Crippen molar-refractivity contribution in [1.29, 1.82) is 0 Å². The van der Waals surface area contributed by atoms with Crippen molar-refractivity contribution < 1.29 is 9.00 Å². The molecule has 0 saturated heterocycles. The van der Waals surface area contributed by atoms with Gasteiger partial charge in [0.25, 0.3) is 11.5 Å². The molecule has 0 radical (unpaired) electrons. The first kappa shape index (κ1) is 18.0. The van der Waals surface area contributed by atoms with E-state index >= 15 is 0 Å². The topological polar surface area (TPSA) is 156 Å². The third-order valence-corrected chi connectivity index (χ3v) is 5.20. The number of hydrogen-bond donors (Lipinski definition) is 5. The van der Waals surface area contributed by atoms with Crippen molar-refractivity contribution in [3.63, 3.8) is 0 Å². The highest BCUT2D eigenvalue weighted by atomic mass is 32.2. The SMILES string of the molecule is C=S(N)(=O)c1ccc(Nc2nc(NC3CCC3)c(C(N)=O)c(=O)[nH]2)cc1. The van der Waals surface area contributed by atoms with Crippen molar-refractivity contribution in [3.05, 3.63) is 40.2 Å². The van der Waals surface area contributed by atoms with Crippen LogP contribution in [0.25, 0.3) is 0 Å². The molecule has 1 aromatic heterocycles. The lowest BCUT2D eigenvalue weighted by molar-refractivity contribution is 0.0999. The number of rotatable bonds is 6. The lowest BCUT2D eigenvalue weighted by Crippen LogP contribution is -2.33. The summed E-state index contributed by atoms with van der Waals surface area (Å²) >= 11 is 0. The molecule has 2 aromatic rings. The second-order valence-electron chi connectivity index (χ2n) is 6.15. The summed E-state index contributed by atoms with van der Waals surface area (Å²) in [6.07, 6.45) is 2.97. The van der Waals surface area contributed by atoms with Gasteiger partial charge in [-0.05, 0) is 49.4 Å². The van der Waals surface area contributed by atoms with Crippen molar-refractivity contribution in [3.8, 4) is 0 Å². The zero-order valence-electron chi connectivity index (χ0n) is 14.0. The molecule has 1 aliphatic carbocycles. The van der Waals surface area contributed by atoms with E-state index in [1.54, 1.807) is 24.3 Å². The van der Waals surface area contributed by atoms with Gasteiger partial charge in [0.15, 0.2) is 0 Å². The number of carbonyl (C=O) groups is 1. The van der Waals surface area contributed by atoms with E-state index in [2.05, 4.69) is 26.5 Å². The molecule has 138 valence electrons. The number of primary amides is 1. The molecule has 3 rings (SSSR count). The predicted octanol–water partition coefficient (Wildman–Crippen LogP) is 0.526. The number of nitrogens with zero attached hydrogens (tertiary/aromatic N) is 1. The van der Waals surface area contributed by atoms with Crippen LogP contribution in [0.1, 0.15) is 29.6 Å². The minimum atomic E-state index is -2.79. The molecule has 9 nitrogen and oxygen atoms in total. The molecule has 0 bridgehead atoms. The van der Waals surface area contributed by atoms with Crippen molar-refractivity contribution in [2.45, 2.75) is 30.2 Å². The Morgan fingerprint density at radius 3 is 2.46 bits per heavy atom. The number of amides is 1. The molecule has 26 heavy (non-hydrogen) atoms. The van der Waals surface area contributed by atoms with Gasteiger partial charge >= 0.3 is 0 Å². The number of aromatic amines is 1. The van der Waals surface area contributed by atoms with Crippen LogP contribution in [-0.2, 0) is 9.71 Å². The Morgan fingerprint density at radius 2 is 1.96 bits per heavy atom. The van der Waals surface area contributed by atoms with Crippen LogP contribution in [0.4, 0.5) is 17.5 Å². The zero-order valence-corrected chi connectivity index (χ0v) is 14.8. The molecule has 1 atom stereocenters. The van der Waals surface area contributed by atoms with Crippen LogP contribution in [0.2, 0.25) is 0 Å². The van der Waals surface area contributed by atoms with E-state index in [0.29, 0.717) is 10.6 Å². The Bertz CT molecular complexity index is 994. The summed E-state index contributed by atoms with van der Waals surface area (Å²) in [6.45, 7) is 0. The molecule has 1 amide bonds. The van der Waals surface area contributed by atoms with E-state index < -0.39 is 21.2 Å². The smallest absolute Gasteiger partial charge is 0.267 e. The van der Waals surface area contributed by atoms with E-state index in [4.69, 9.17) is 10.9 Å². The number of nitrogens with one attached hydrogen (secondary N) is 3. The van der Waals surface area contributed by atoms with Gasteiger partial charge in [0, 0.05) is 16.6 Å². The Labute approximate surface area is 150 Å². The largest absolute Gasteiger partial charge is 0.366 e. The van der Waals surface area contributed by atoms with Crippen LogP contribution < -0.4 is 27.1 Å². The highest BCUT2D eigenvalue weighted by molar-refractivity contribution is 7.98. The van der Waals surface area contributed by atoms with Gasteiger partial charge in [0.2, 0.25) is 5.95 Å². The molecule has 1 saturated carbocycles. The number of H-pyrrole nitrogens is 1. The summed E-state index contributed by atoms with van der Waals surface area (Å²) < 4.78 is 11.7. The number of benzene rings is 1. The molecular weight excluding hydrogens is 356 g/mol. The molecule has 1 unspecified atom stereocenters. The Balaban J connectivity index is 1.90. The summed E-state index contributed by atoms with van der Waals surface area (Å²) in [6, 6.07) is 6.58. The van der Waals surface area contributed by atoms with Gasteiger partial charge in [-0.25, -0.2) is 4.21 Å². The van der Waals surface area contributed by atoms with Crippen LogP contribution in [0.3, 0.4) is 0 Å². The first-order valence-electron chi connectivity index (χ1n) is 7.97. The third-order valence-electron chi connectivity index (χ3n) is 4.13. The lowest BCUT2D eigenvalue weighted by Gasteiger charge is -2.27. The molecule has 1 fully saturated rings. The van der Waals surface area contributed by atoms with E-state index in [9.17, 15) is 13.8 Å². The van der Waals surface area contributed by atoms with E-state index in [1.807, 2.05) is 0 Å². The Morgan fingerprint density at radius 1 is 1.31 bits per heavy atom. The molecular formula is C16H20N6O3S. The third kappa shape index (κ3) is 3.86. The van der Waals surface area contributed by atoms with Crippen molar-refractivity contribution in [2.24, 2.45) is 10.9 Å². The standard InChI is InChI=1S/C16H20N6O3S/c1-26(18,25)11-7-5-10(6-8-11)20-16-21-14(19-9-3-2-4-9)12(13(17)23)15(24)22-16/h5-9H,1-4H2,(H2,17,23)(H2,18,25)(H3,19,20,21,22,24). The number of anilines is 3. The molecule has 7 N–H and O–H groups in total.